The smallest absolute Gasteiger partial charge is 0.318 e. The monoisotopic (exact) mass is 308 g/mol. The highest BCUT2D eigenvalue weighted by atomic mass is 32.2. The molecule has 1 saturated heterocycles. The number of aliphatic hydroxyl groups excluding tert-OH is 1. The van der Waals surface area contributed by atoms with E-state index in [0.29, 0.717) is 0 Å². The van der Waals surface area contributed by atoms with Crippen LogP contribution in [0.3, 0.4) is 0 Å². The molecule has 0 saturated carbocycles. The number of aliphatic hydroxyl groups is 1. The minimum atomic E-state index is -0.151. The number of likely N-dealkylation sites (tertiary alicyclic amines) is 1. The van der Waals surface area contributed by atoms with E-state index in [2.05, 4.69) is 17.4 Å². The van der Waals surface area contributed by atoms with Crippen molar-refractivity contribution in [2.75, 3.05) is 25.2 Å². The van der Waals surface area contributed by atoms with Crippen LogP contribution in [-0.4, -0.2) is 47.2 Å². The summed E-state index contributed by atoms with van der Waals surface area (Å²) in [5, 5.41) is 12.4. The number of urea groups is 1. The van der Waals surface area contributed by atoms with Gasteiger partial charge in [-0.3, -0.25) is 0 Å². The molecule has 21 heavy (non-hydrogen) atoms. The molecule has 2 atom stereocenters. The molecule has 1 aromatic rings. The lowest BCUT2D eigenvalue weighted by molar-refractivity contribution is 0.177. The maximum Gasteiger partial charge on any atom is 0.318 e. The summed E-state index contributed by atoms with van der Waals surface area (Å²) in [6, 6.07) is 10.1. The third kappa shape index (κ3) is 4.38. The second kappa shape index (κ2) is 8.29. The van der Waals surface area contributed by atoms with Gasteiger partial charge in [0.15, 0.2) is 0 Å². The Balaban J connectivity index is 1.97. The first kappa shape index (κ1) is 16.2. The van der Waals surface area contributed by atoms with Crippen LogP contribution in [-0.2, 0) is 0 Å². The highest BCUT2D eigenvalue weighted by Crippen LogP contribution is 2.31. The third-order valence-corrected chi connectivity index (χ3v) is 4.56. The van der Waals surface area contributed by atoms with Gasteiger partial charge in [0.25, 0.3) is 0 Å². The first-order valence-electron chi connectivity index (χ1n) is 7.48. The van der Waals surface area contributed by atoms with Gasteiger partial charge in [-0.15, -0.1) is 0 Å². The van der Waals surface area contributed by atoms with Gasteiger partial charge in [-0.2, -0.15) is 11.8 Å². The van der Waals surface area contributed by atoms with Gasteiger partial charge in [0.2, 0.25) is 0 Å². The zero-order chi connectivity index (χ0) is 15.1. The summed E-state index contributed by atoms with van der Waals surface area (Å²) < 4.78 is 0. The number of carbonyl (C=O) groups is 1. The molecule has 2 rings (SSSR count). The van der Waals surface area contributed by atoms with Crippen molar-refractivity contribution in [3.05, 3.63) is 35.9 Å². The molecule has 0 spiro atoms. The van der Waals surface area contributed by atoms with Crippen LogP contribution >= 0.6 is 11.8 Å². The fourth-order valence-electron chi connectivity index (χ4n) is 2.76. The van der Waals surface area contributed by atoms with E-state index in [9.17, 15) is 9.90 Å². The van der Waals surface area contributed by atoms with Gasteiger partial charge in [0.1, 0.15) is 0 Å². The lowest BCUT2D eigenvalue weighted by Gasteiger charge is -2.27. The van der Waals surface area contributed by atoms with Crippen LogP contribution in [0.4, 0.5) is 4.79 Å². The molecule has 1 aromatic carbocycles. The van der Waals surface area contributed by atoms with Crippen molar-refractivity contribution in [1.82, 2.24) is 10.2 Å². The minimum Gasteiger partial charge on any atom is -0.394 e. The Hall–Kier alpha value is -1.20. The molecule has 2 N–H and O–H groups in total. The third-order valence-electron chi connectivity index (χ3n) is 3.92. The second-order valence-corrected chi connectivity index (χ2v) is 6.36. The highest BCUT2D eigenvalue weighted by Gasteiger charge is 2.30. The van der Waals surface area contributed by atoms with Crippen LogP contribution in [0.2, 0.25) is 0 Å². The average Bonchev–Trinajstić information content (AvgIpc) is 3.01. The number of thioether (sulfide) groups is 1. The average molecular weight is 308 g/mol. The maximum atomic E-state index is 12.5. The van der Waals surface area contributed by atoms with E-state index < -0.39 is 0 Å². The number of hydrogen-bond donors (Lipinski definition) is 2. The van der Waals surface area contributed by atoms with Crippen molar-refractivity contribution in [2.45, 2.75) is 31.3 Å². The van der Waals surface area contributed by atoms with E-state index >= 15 is 0 Å². The number of carbonyl (C=O) groups excluding carboxylic acids is 1. The molecule has 1 heterocycles. The lowest BCUT2D eigenvalue weighted by atomic mass is 10.1. The quantitative estimate of drug-likeness (QED) is 0.849. The molecule has 0 aromatic heterocycles. The van der Waals surface area contributed by atoms with Gasteiger partial charge in [0, 0.05) is 6.54 Å². The van der Waals surface area contributed by atoms with Gasteiger partial charge in [-0.1, -0.05) is 30.3 Å². The summed E-state index contributed by atoms with van der Waals surface area (Å²) in [4.78, 5) is 14.4. The Morgan fingerprint density at radius 3 is 2.90 bits per heavy atom. The molecule has 0 radical (unpaired) electrons. The Morgan fingerprint density at radius 1 is 1.48 bits per heavy atom. The minimum absolute atomic E-state index is 0.00383. The first-order chi connectivity index (χ1) is 10.3. The molecule has 1 aliphatic rings. The standard InChI is InChI=1S/C16H24N2O2S/c1-21-11-9-14(12-19)17-16(20)18-10-5-8-15(18)13-6-3-2-4-7-13/h2-4,6-7,14-15,19H,5,8-12H2,1H3,(H,17,20)/t14-,15?/m0/s1. The predicted octanol–water partition coefficient (Wildman–Crippen LogP) is 2.65. The molecule has 0 bridgehead atoms. The van der Waals surface area contributed by atoms with E-state index in [0.717, 1.165) is 31.6 Å². The number of rotatable bonds is 6. The van der Waals surface area contributed by atoms with Crippen molar-refractivity contribution in [3.8, 4) is 0 Å². The fourth-order valence-corrected chi connectivity index (χ4v) is 3.28. The summed E-state index contributed by atoms with van der Waals surface area (Å²) >= 11 is 1.73. The topological polar surface area (TPSA) is 52.6 Å². The number of benzene rings is 1. The van der Waals surface area contributed by atoms with E-state index in [1.807, 2.05) is 29.4 Å². The largest absolute Gasteiger partial charge is 0.394 e. The SMILES string of the molecule is CSCC[C@@H](CO)NC(=O)N1CCCC1c1ccccc1. The second-order valence-electron chi connectivity index (χ2n) is 5.37. The molecular weight excluding hydrogens is 284 g/mol. The van der Waals surface area contributed by atoms with E-state index in [1.165, 1.54) is 5.56 Å². The van der Waals surface area contributed by atoms with Crippen molar-refractivity contribution < 1.29 is 9.90 Å². The highest BCUT2D eigenvalue weighted by molar-refractivity contribution is 7.98. The van der Waals surface area contributed by atoms with Gasteiger partial charge < -0.3 is 15.3 Å². The van der Waals surface area contributed by atoms with E-state index in [-0.39, 0.29) is 24.7 Å². The molecular formula is C16H24N2O2S. The normalized spacial score (nSPS) is 19.5. The summed E-state index contributed by atoms with van der Waals surface area (Å²) in [5.74, 6) is 0.938. The summed E-state index contributed by atoms with van der Waals surface area (Å²) in [7, 11) is 0. The Kier molecular flexibility index (Phi) is 6.39. The van der Waals surface area contributed by atoms with Crippen LogP contribution in [0.1, 0.15) is 30.9 Å². The summed E-state index contributed by atoms with van der Waals surface area (Å²) in [6.07, 6.45) is 4.86. The lowest BCUT2D eigenvalue weighted by Crippen LogP contribution is -2.46. The molecule has 1 aliphatic heterocycles. The van der Waals surface area contributed by atoms with Gasteiger partial charge >= 0.3 is 6.03 Å². The van der Waals surface area contributed by atoms with E-state index in [1.54, 1.807) is 11.8 Å². The van der Waals surface area contributed by atoms with Crippen molar-refractivity contribution in [3.63, 3.8) is 0 Å². The van der Waals surface area contributed by atoms with Crippen LogP contribution in [0.25, 0.3) is 0 Å². The number of hydrogen-bond acceptors (Lipinski definition) is 3. The van der Waals surface area contributed by atoms with Gasteiger partial charge in [0.05, 0.1) is 18.7 Å². The Morgan fingerprint density at radius 2 is 2.24 bits per heavy atom. The van der Waals surface area contributed by atoms with Crippen molar-refractivity contribution >= 4 is 17.8 Å². The molecule has 116 valence electrons. The number of nitrogens with zero attached hydrogens (tertiary/aromatic N) is 1. The number of amides is 2. The zero-order valence-electron chi connectivity index (χ0n) is 12.5. The molecule has 5 heteroatoms. The molecule has 1 fully saturated rings. The van der Waals surface area contributed by atoms with Crippen LogP contribution in [0, 0.1) is 0 Å². The maximum absolute atomic E-state index is 12.5. The van der Waals surface area contributed by atoms with Crippen molar-refractivity contribution in [2.24, 2.45) is 0 Å². The Labute approximate surface area is 130 Å². The van der Waals surface area contributed by atoms with Gasteiger partial charge in [-0.25, -0.2) is 4.79 Å². The van der Waals surface area contributed by atoms with Crippen LogP contribution in [0.15, 0.2) is 30.3 Å². The molecule has 4 nitrogen and oxygen atoms in total. The van der Waals surface area contributed by atoms with Crippen LogP contribution < -0.4 is 5.32 Å². The number of nitrogens with one attached hydrogen (secondary N) is 1. The van der Waals surface area contributed by atoms with E-state index in [4.69, 9.17) is 0 Å². The summed E-state index contributed by atoms with van der Waals surface area (Å²) in [6.45, 7) is 0.780. The van der Waals surface area contributed by atoms with Crippen molar-refractivity contribution in [1.29, 1.82) is 0 Å². The van der Waals surface area contributed by atoms with Gasteiger partial charge in [-0.05, 0) is 36.8 Å². The predicted molar refractivity (Wildman–Crippen MR) is 87.5 cm³/mol. The fraction of sp³-hybridized carbons (Fsp3) is 0.562. The molecule has 1 unspecified atom stereocenters. The summed E-state index contributed by atoms with van der Waals surface area (Å²) in [5.41, 5.74) is 1.19. The first-order valence-corrected chi connectivity index (χ1v) is 8.87. The molecule has 0 aliphatic carbocycles. The van der Waals surface area contributed by atoms with Crippen LogP contribution in [0.5, 0.6) is 0 Å². The zero-order valence-corrected chi connectivity index (χ0v) is 13.3. The Bertz CT molecular complexity index is 441. The molecule has 2 amide bonds.